The standard InChI is InChI=1S/C29H29N2O2/c1-30-16-15-23(24-7-3-5-9-27(24)30)13-11-22-12-14-29-26(21-22)25-8-4-6-10-28(25)31(29)17-18-33-20-19-32-2/h3-16,21H,17-20H2,1-2H3/q+1. The van der Waals surface area contributed by atoms with Crippen LogP contribution < -0.4 is 4.57 Å². The molecule has 166 valence electrons. The summed E-state index contributed by atoms with van der Waals surface area (Å²) in [4.78, 5) is 0. The van der Waals surface area contributed by atoms with Gasteiger partial charge in [-0.3, -0.25) is 0 Å². The third kappa shape index (κ3) is 4.28. The van der Waals surface area contributed by atoms with Crippen LogP contribution in [0.5, 0.6) is 0 Å². The third-order valence-corrected chi connectivity index (χ3v) is 6.22. The Bertz CT molecular complexity index is 1450. The van der Waals surface area contributed by atoms with Gasteiger partial charge in [0.15, 0.2) is 6.20 Å². The van der Waals surface area contributed by atoms with Crippen molar-refractivity contribution < 1.29 is 14.0 Å². The normalized spacial score (nSPS) is 11.9. The molecule has 0 aliphatic heterocycles. The second-order valence-corrected chi connectivity index (χ2v) is 8.28. The molecule has 0 radical (unpaired) electrons. The van der Waals surface area contributed by atoms with Crippen molar-refractivity contribution in [2.24, 2.45) is 7.05 Å². The van der Waals surface area contributed by atoms with Crippen molar-refractivity contribution in [3.8, 4) is 0 Å². The monoisotopic (exact) mass is 437 g/mol. The van der Waals surface area contributed by atoms with Gasteiger partial charge in [-0.25, -0.2) is 4.57 Å². The first-order chi connectivity index (χ1) is 16.3. The van der Waals surface area contributed by atoms with Crippen LogP contribution in [-0.4, -0.2) is 31.5 Å². The Hall–Kier alpha value is -3.47. The Kier molecular flexibility index (Phi) is 6.20. The fourth-order valence-corrected chi connectivity index (χ4v) is 4.53. The van der Waals surface area contributed by atoms with Gasteiger partial charge in [0.1, 0.15) is 7.05 Å². The van der Waals surface area contributed by atoms with Gasteiger partial charge in [0, 0.05) is 47.6 Å². The molecule has 3 aromatic carbocycles. The van der Waals surface area contributed by atoms with Crippen molar-refractivity contribution in [3.63, 3.8) is 0 Å². The van der Waals surface area contributed by atoms with Gasteiger partial charge in [-0.1, -0.05) is 48.6 Å². The average Bonchev–Trinajstić information content (AvgIpc) is 3.17. The maximum atomic E-state index is 5.74. The average molecular weight is 438 g/mol. The Morgan fingerprint density at radius 3 is 2.45 bits per heavy atom. The fourth-order valence-electron chi connectivity index (χ4n) is 4.53. The number of methoxy groups -OCH3 is 1. The second-order valence-electron chi connectivity index (χ2n) is 8.28. The van der Waals surface area contributed by atoms with Crippen molar-refractivity contribution in [1.29, 1.82) is 0 Å². The Morgan fingerprint density at radius 2 is 1.58 bits per heavy atom. The van der Waals surface area contributed by atoms with Gasteiger partial charge in [0.25, 0.3) is 0 Å². The Morgan fingerprint density at radius 1 is 0.788 bits per heavy atom. The third-order valence-electron chi connectivity index (χ3n) is 6.22. The zero-order valence-corrected chi connectivity index (χ0v) is 19.2. The topological polar surface area (TPSA) is 27.3 Å². The lowest BCUT2D eigenvalue weighted by atomic mass is 10.1. The number of para-hydroxylation sites is 2. The van der Waals surface area contributed by atoms with Gasteiger partial charge in [-0.15, -0.1) is 0 Å². The van der Waals surface area contributed by atoms with E-state index in [2.05, 4.69) is 107 Å². The number of ether oxygens (including phenoxy) is 2. The van der Waals surface area contributed by atoms with E-state index in [0.29, 0.717) is 19.8 Å². The summed E-state index contributed by atoms with van der Waals surface area (Å²) in [5.41, 5.74) is 6.12. The molecule has 5 aromatic rings. The Balaban J connectivity index is 1.49. The molecule has 0 N–H and O–H groups in total. The number of hydrogen-bond donors (Lipinski definition) is 0. The zero-order chi connectivity index (χ0) is 22.6. The summed E-state index contributed by atoms with van der Waals surface area (Å²) in [6.07, 6.45) is 6.54. The van der Waals surface area contributed by atoms with E-state index in [1.165, 1.54) is 43.8 Å². The molecule has 0 saturated heterocycles. The van der Waals surface area contributed by atoms with E-state index >= 15 is 0 Å². The summed E-state index contributed by atoms with van der Waals surface area (Å²) in [6, 6.07) is 26.0. The first-order valence-corrected chi connectivity index (χ1v) is 11.4. The molecule has 0 spiro atoms. The van der Waals surface area contributed by atoms with E-state index in [-0.39, 0.29) is 0 Å². The fraction of sp³-hybridized carbons (Fsp3) is 0.207. The molecule has 0 atom stereocenters. The van der Waals surface area contributed by atoms with Crippen molar-refractivity contribution >= 4 is 44.9 Å². The van der Waals surface area contributed by atoms with Crippen molar-refractivity contribution in [2.45, 2.75) is 6.54 Å². The molecule has 0 bridgehead atoms. The van der Waals surface area contributed by atoms with Crippen LogP contribution >= 0.6 is 0 Å². The lowest BCUT2D eigenvalue weighted by molar-refractivity contribution is -0.644. The van der Waals surface area contributed by atoms with Crippen molar-refractivity contribution in [3.05, 3.63) is 90.1 Å². The molecule has 0 unspecified atom stereocenters. The molecule has 0 aliphatic rings. The van der Waals surface area contributed by atoms with Crippen LogP contribution in [0.3, 0.4) is 0 Å². The number of aromatic nitrogens is 2. The van der Waals surface area contributed by atoms with E-state index in [0.717, 1.165) is 6.54 Å². The molecule has 5 rings (SSSR count). The Labute approximate surface area is 194 Å². The van der Waals surface area contributed by atoms with Crippen molar-refractivity contribution in [1.82, 2.24) is 4.57 Å². The largest absolute Gasteiger partial charge is 0.382 e. The maximum absolute atomic E-state index is 5.74. The zero-order valence-electron chi connectivity index (χ0n) is 19.2. The molecule has 4 nitrogen and oxygen atoms in total. The van der Waals surface area contributed by atoms with Crippen LogP contribution in [0.2, 0.25) is 0 Å². The minimum Gasteiger partial charge on any atom is -0.382 e. The van der Waals surface area contributed by atoms with Crippen molar-refractivity contribution in [2.75, 3.05) is 26.9 Å². The second kappa shape index (κ2) is 9.57. The minimum atomic E-state index is 0.620. The first-order valence-electron chi connectivity index (χ1n) is 11.4. The first kappa shape index (κ1) is 21.4. The van der Waals surface area contributed by atoms with Crippen LogP contribution in [0.25, 0.3) is 44.9 Å². The molecular weight excluding hydrogens is 408 g/mol. The summed E-state index contributed by atoms with van der Waals surface area (Å²) in [5, 5.41) is 3.80. The van der Waals surface area contributed by atoms with Gasteiger partial charge < -0.3 is 14.0 Å². The van der Waals surface area contributed by atoms with Crippen LogP contribution in [0, 0.1) is 0 Å². The molecule has 33 heavy (non-hydrogen) atoms. The van der Waals surface area contributed by atoms with Gasteiger partial charge >= 0.3 is 0 Å². The number of rotatable bonds is 8. The predicted octanol–water partition coefficient (Wildman–Crippen LogP) is 5.61. The highest BCUT2D eigenvalue weighted by Crippen LogP contribution is 2.30. The van der Waals surface area contributed by atoms with Crippen LogP contribution in [0.15, 0.2) is 79.0 Å². The SMILES string of the molecule is COCCOCCn1c2ccccc2c2cc(/C=C/c3cc[n+](C)c4ccccc34)ccc21. The summed E-state index contributed by atoms with van der Waals surface area (Å²) in [5.74, 6) is 0. The lowest BCUT2D eigenvalue weighted by Gasteiger charge is -2.08. The summed E-state index contributed by atoms with van der Waals surface area (Å²) in [6.45, 7) is 2.72. The maximum Gasteiger partial charge on any atom is 0.212 e. The molecule has 2 aromatic heterocycles. The number of nitrogens with zero attached hydrogens (tertiary/aromatic N) is 2. The molecule has 0 fully saturated rings. The van der Waals surface area contributed by atoms with Gasteiger partial charge in [-0.05, 0) is 35.4 Å². The van der Waals surface area contributed by atoms with Crippen LogP contribution in [-0.2, 0) is 23.1 Å². The molecular formula is C29H29N2O2+. The van der Waals surface area contributed by atoms with Gasteiger partial charge in [0.2, 0.25) is 5.52 Å². The summed E-state index contributed by atoms with van der Waals surface area (Å²) < 4.78 is 15.3. The minimum absolute atomic E-state index is 0.620. The number of fused-ring (bicyclic) bond motifs is 4. The molecule has 2 heterocycles. The molecule has 0 aliphatic carbocycles. The lowest BCUT2D eigenvalue weighted by Crippen LogP contribution is -2.28. The quantitative estimate of drug-likeness (QED) is 0.233. The highest BCUT2D eigenvalue weighted by atomic mass is 16.5. The summed E-state index contributed by atoms with van der Waals surface area (Å²) >= 11 is 0. The molecule has 0 saturated carbocycles. The van der Waals surface area contributed by atoms with Crippen LogP contribution in [0.1, 0.15) is 11.1 Å². The van der Waals surface area contributed by atoms with E-state index in [1.807, 2.05) is 0 Å². The highest BCUT2D eigenvalue weighted by molar-refractivity contribution is 6.08. The van der Waals surface area contributed by atoms with E-state index in [4.69, 9.17) is 9.47 Å². The smallest absolute Gasteiger partial charge is 0.212 e. The van der Waals surface area contributed by atoms with Gasteiger partial charge in [-0.2, -0.15) is 0 Å². The summed E-state index contributed by atoms with van der Waals surface area (Å²) in [7, 11) is 3.78. The van der Waals surface area contributed by atoms with Gasteiger partial charge in [0.05, 0.1) is 25.2 Å². The van der Waals surface area contributed by atoms with E-state index in [9.17, 15) is 0 Å². The number of pyridine rings is 1. The molecule has 0 amide bonds. The highest BCUT2D eigenvalue weighted by Gasteiger charge is 2.11. The predicted molar refractivity (Wildman–Crippen MR) is 136 cm³/mol. The number of aryl methyl sites for hydroxylation is 1. The molecule has 4 heteroatoms. The number of benzene rings is 3. The van der Waals surface area contributed by atoms with E-state index < -0.39 is 0 Å². The van der Waals surface area contributed by atoms with Crippen LogP contribution in [0.4, 0.5) is 0 Å². The number of hydrogen-bond acceptors (Lipinski definition) is 2. The van der Waals surface area contributed by atoms with E-state index in [1.54, 1.807) is 7.11 Å².